The van der Waals surface area contributed by atoms with Gasteiger partial charge in [0.1, 0.15) is 17.3 Å². The molecule has 0 atom stereocenters. The van der Waals surface area contributed by atoms with Crippen LogP contribution in [0.2, 0.25) is 0 Å². The van der Waals surface area contributed by atoms with Crippen LogP contribution in [0.4, 0.5) is 4.39 Å². The molecule has 0 radical (unpaired) electrons. The molecule has 0 bridgehead atoms. The third-order valence-electron chi connectivity index (χ3n) is 2.94. The van der Waals surface area contributed by atoms with Gasteiger partial charge in [-0.05, 0) is 29.8 Å². The fourth-order valence-corrected chi connectivity index (χ4v) is 1.84. The zero-order chi connectivity index (χ0) is 15.4. The molecule has 0 aliphatic rings. The molecule has 21 heavy (non-hydrogen) atoms. The Morgan fingerprint density at radius 3 is 2.48 bits per heavy atom. The molecule has 4 nitrogen and oxygen atoms in total. The number of benzene rings is 2. The van der Waals surface area contributed by atoms with Crippen molar-refractivity contribution in [1.82, 2.24) is 0 Å². The number of carbonyl (C=O) groups excluding carboxylic acids is 1. The first-order chi connectivity index (χ1) is 10.0. The van der Waals surface area contributed by atoms with E-state index in [4.69, 9.17) is 10.5 Å². The van der Waals surface area contributed by atoms with Gasteiger partial charge in [-0.2, -0.15) is 0 Å². The Labute approximate surface area is 121 Å². The molecule has 0 heterocycles. The van der Waals surface area contributed by atoms with Crippen LogP contribution in [0.25, 0.3) is 12.2 Å². The first kappa shape index (κ1) is 14.6. The van der Waals surface area contributed by atoms with Gasteiger partial charge in [0.2, 0.25) is 0 Å². The van der Waals surface area contributed by atoms with Gasteiger partial charge >= 0.3 is 0 Å². The van der Waals surface area contributed by atoms with Gasteiger partial charge in [0.05, 0.1) is 12.7 Å². The number of halogens is 1. The lowest BCUT2D eigenvalue weighted by Gasteiger charge is -2.05. The quantitative estimate of drug-likeness (QED) is 0.849. The number of hydrogen-bond donors (Lipinski definition) is 2. The van der Waals surface area contributed by atoms with E-state index in [1.54, 1.807) is 37.5 Å². The maximum atomic E-state index is 13.4. The van der Waals surface area contributed by atoms with Gasteiger partial charge in [0.15, 0.2) is 0 Å². The summed E-state index contributed by atoms with van der Waals surface area (Å²) in [5.41, 5.74) is 5.86. The van der Waals surface area contributed by atoms with Crippen LogP contribution in [0.1, 0.15) is 21.5 Å². The number of aromatic hydroxyl groups is 1. The summed E-state index contributed by atoms with van der Waals surface area (Å²) in [6.07, 6.45) is 3.19. The molecular formula is C16H14FNO3. The average molecular weight is 287 g/mol. The van der Waals surface area contributed by atoms with Gasteiger partial charge < -0.3 is 15.6 Å². The second-order valence-electron chi connectivity index (χ2n) is 4.36. The first-order valence-corrected chi connectivity index (χ1v) is 6.15. The molecule has 3 N–H and O–H groups in total. The molecule has 2 aromatic rings. The van der Waals surface area contributed by atoms with Crippen molar-refractivity contribution in [1.29, 1.82) is 0 Å². The summed E-state index contributed by atoms with van der Waals surface area (Å²) in [4.78, 5) is 11.1. The van der Waals surface area contributed by atoms with E-state index in [-0.39, 0.29) is 16.9 Å². The summed E-state index contributed by atoms with van der Waals surface area (Å²) >= 11 is 0. The summed E-state index contributed by atoms with van der Waals surface area (Å²) in [6, 6.07) is 9.20. The summed E-state index contributed by atoms with van der Waals surface area (Å²) in [7, 11) is 1.57. The Morgan fingerprint density at radius 1 is 1.24 bits per heavy atom. The Bertz CT molecular complexity index is 693. The van der Waals surface area contributed by atoms with Gasteiger partial charge in [-0.25, -0.2) is 4.39 Å². The molecule has 0 aliphatic carbocycles. The van der Waals surface area contributed by atoms with E-state index in [1.807, 2.05) is 0 Å². The predicted molar refractivity (Wildman–Crippen MR) is 78.5 cm³/mol. The van der Waals surface area contributed by atoms with Crippen LogP contribution in [-0.2, 0) is 0 Å². The lowest BCUT2D eigenvalue weighted by atomic mass is 10.1. The summed E-state index contributed by atoms with van der Waals surface area (Å²) in [6.45, 7) is 0. The molecule has 0 saturated heterocycles. The van der Waals surface area contributed by atoms with Crippen molar-refractivity contribution in [3.8, 4) is 11.5 Å². The van der Waals surface area contributed by atoms with Gasteiger partial charge in [-0.15, -0.1) is 0 Å². The molecular weight excluding hydrogens is 273 g/mol. The number of amides is 1. The average Bonchev–Trinajstić information content (AvgIpc) is 2.48. The minimum Gasteiger partial charge on any atom is -0.506 e. The number of primary amides is 1. The van der Waals surface area contributed by atoms with Crippen LogP contribution in [0.3, 0.4) is 0 Å². The Morgan fingerprint density at radius 2 is 1.90 bits per heavy atom. The van der Waals surface area contributed by atoms with Crippen LogP contribution >= 0.6 is 0 Å². The normalized spacial score (nSPS) is 10.8. The number of rotatable bonds is 4. The van der Waals surface area contributed by atoms with E-state index >= 15 is 0 Å². The molecule has 108 valence electrons. The van der Waals surface area contributed by atoms with Crippen LogP contribution in [0.15, 0.2) is 36.4 Å². The van der Waals surface area contributed by atoms with Crippen molar-refractivity contribution in [2.45, 2.75) is 0 Å². The van der Waals surface area contributed by atoms with Gasteiger partial charge in [0.25, 0.3) is 5.91 Å². The van der Waals surface area contributed by atoms with Crippen molar-refractivity contribution in [3.63, 3.8) is 0 Å². The van der Waals surface area contributed by atoms with Crippen molar-refractivity contribution in [3.05, 3.63) is 58.9 Å². The van der Waals surface area contributed by atoms with Gasteiger partial charge in [-0.1, -0.05) is 24.3 Å². The second kappa shape index (κ2) is 6.09. The highest BCUT2D eigenvalue weighted by molar-refractivity contribution is 5.97. The lowest BCUT2D eigenvalue weighted by Crippen LogP contribution is -2.11. The van der Waals surface area contributed by atoms with Crippen molar-refractivity contribution >= 4 is 18.1 Å². The minimum atomic E-state index is -0.883. The molecule has 0 saturated carbocycles. The van der Waals surface area contributed by atoms with Crippen LogP contribution in [-0.4, -0.2) is 18.1 Å². The summed E-state index contributed by atoms with van der Waals surface area (Å²) < 4.78 is 18.5. The van der Waals surface area contributed by atoms with E-state index in [0.29, 0.717) is 0 Å². The zero-order valence-electron chi connectivity index (χ0n) is 11.3. The largest absolute Gasteiger partial charge is 0.506 e. The third kappa shape index (κ3) is 3.39. The third-order valence-corrected chi connectivity index (χ3v) is 2.94. The molecule has 0 fully saturated rings. The smallest absolute Gasteiger partial charge is 0.252 e. The summed E-state index contributed by atoms with van der Waals surface area (Å²) in [5.74, 6) is -1.15. The Balaban J connectivity index is 2.33. The van der Waals surface area contributed by atoms with Gasteiger partial charge in [0, 0.05) is 5.56 Å². The number of hydrogen-bond acceptors (Lipinski definition) is 3. The Kier molecular flexibility index (Phi) is 4.23. The number of nitrogens with two attached hydrogens (primary N) is 1. The maximum absolute atomic E-state index is 13.4. The monoisotopic (exact) mass is 287 g/mol. The molecule has 2 aromatic carbocycles. The molecule has 0 unspecified atom stereocenters. The van der Waals surface area contributed by atoms with E-state index in [2.05, 4.69) is 0 Å². The van der Waals surface area contributed by atoms with Crippen LogP contribution < -0.4 is 10.5 Å². The fraction of sp³-hybridized carbons (Fsp3) is 0.0625. The highest BCUT2D eigenvalue weighted by Crippen LogP contribution is 2.26. The second-order valence-corrected chi connectivity index (χ2v) is 4.36. The zero-order valence-corrected chi connectivity index (χ0v) is 11.3. The number of phenols is 1. The molecule has 0 spiro atoms. The lowest BCUT2D eigenvalue weighted by molar-refractivity contribution is 0.0997. The standard InChI is InChI=1S/C16H14FNO3/c1-21-13-6-3-10(4-7-13)2-5-11-8-12(17)9-14(15(11)19)16(18)20/h2-9,19H,1H3,(H2,18,20)/b5-2+. The molecule has 0 aliphatic heterocycles. The highest BCUT2D eigenvalue weighted by atomic mass is 19.1. The predicted octanol–water partition coefficient (Wildman–Crippen LogP) is 2.81. The van der Waals surface area contributed by atoms with E-state index in [9.17, 15) is 14.3 Å². The van der Waals surface area contributed by atoms with E-state index in [1.165, 1.54) is 6.08 Å². The van der Waals surface area contributed by atoms with Crippen molar-refractivity contribution in [2.75, 3.05) is 7.11 Å². The van der Waals surface area contributed by atoms with Gasteiger partial charge in [-0.3, -0.25) is 4.79 Å². The maximum Gasteiger partial charge on any atom is 0.252 e. The molecule has 2 rings (SSSR count). The van der Waals surface area contributed by atoms with Crippen molar-refractivity contribution < 1.29 is 19.0 Å². The minimum absolute atomic E-state index is 0.180. The van der Waals surface area contributed by atoms with Crippen LogP contribution in [0.5, 0.6) is 11.5 Å². The van der Waals surface area contributed by atoms with Crippen LogP contribution in [0, 0.1) is 5.82 Å². The number of ether oxygens (including phenoxy) is 1. The van der Waals surface area contributed by atoms with E-state index in [0.717, 1.165) is 23.4 Å². The molecule has 5 heteroatoms. The molecule has 0 aromatic heterocycles. The summed E-state index contributed by atoms with van der Waals surface area (Å²) in [5, 5.41) is 9.91. The number of methoxy groups -OCH3 is 1. The SMILES string of the molecule is COc1ccc(/C=C/c2cc(F)cc(C(N)=O)c2O)cc1. The van der Waals surface area contributed by atoms with E-state index < -0.39 is 11.7 Å². The number of carbonyl (C=O) groups is 1. The highest BCUT2D eigenvalue weighted by Gasteiger charge is 2.12. The van der Waals surface area contributed by atoms with Crippen molar-refractivity contribution in [2.24, 2.45) is 5.73 Å². The molecule has 1 amide bonds. The topological polar surface area (TPSA) is 72.5 Å². The first-order valence-electron chi connectivity index (χ1n) is 6.15. The Hall–Kier alpha value is -2.82. The fourth-order valence-electron chi connectivity index (χ4n) is 1.84.